The predicted molar refractivity (Wildman–Crippen MR) is 107 cm³/mol. The van der Waals surface area contributed by atoms with Crippen LogP contribution in [-0.2, 0) is 17.8 Å². The van der Waals surface area contributed by atoms with Gasteiger partial charge in [0.15, 0.2) is 5.15 Å². The second-order valence-corrected chi connectivity index (χ2v) is 6.62. The van der Waals surface area contributed by atoms with Crippen LogP contribution in [0.2, 0.25) is 5.15 Å². The molecule has 0 saturated carbocycles. The van der Waals surface area contributed by atoms with Gasteiger partial charge in [-0.15, -0.1) is 0 Å². The van der Waals surface area contributed by atoms with Crippen molar-refractivity contribution in [2.45, 2.75) is 19.9 Å². The topological polar surface area (TPSA) is 97.1 Å². The van der Waals surface area contributed by atoms with E-state index in [1.54, 1.807) is 25.1 Å². The number of aryl methyl sites for hydroxylation is 1. The molecular weight excluding hydrogens is 399 g/mol. The zero-order valence-corrected chi connectivity index (χ0v) is 16.3. The summed E-state index contributed by atoms with van der Waals surface area (Å²) >= 11 is 5.96. The van der Waals surface area contributed by atoms with Crippen LogP contribution in [0, 0.1) is 12.7 Å². The molecule has 0 aliphatic rings. The number of aromatic nitrogens is 3. The molecule has 7 nitrogen and oxygen atoms in total. The first-order valence-corrected chi connectivity index (χ1v) is 9.16. The number of aliphatic hydroxyl groups excluding tert-OH is 1. The van der Waals surface area contributed by atoms with Crippen LogP contribution in [0.5, 0.6) is 0 Å². The number of pyridine rings is 1. The maximum atomic E-state index is 13.7. The van der Waals surface area contributed by atoms with Gasteiger partial charge in [0.2, 0.25) is 5.91 Å². The van der Waals surface area contributed by atoms with Crippen LogP contribution in [0.25, 0.3) is 11.4 Å². The lowest BCUT2D eigenvalue weighted by Crippen LogP contribution is -2.33. The van der Waals surface area contributed by atoms with Crippen molar-refractivity contribution in [3.05, 3.63) is 75.2 Å². The highest BCUT2D eigenvalue weighted by molar-refractivity contribution is 6.32. The van der Waals surface area contributed by atoms with E-state index in [1.807, 2.05) is 0 Å². The minimum atomic E-state index is -0.528. The molecule has 2 N–H and O–H groups in total. The Morgan fingerprint density at radius 3 is 2.79 bits per heavy atom. The highest BCUT2D eigenvalue weighted by Gasteiger charge is 2.18. The van der Waals surface area contributed by atoms with Crippen LogP contribution in [0.3, 0.4) is 0 Å². The van der Waals surface area contributed by atoms with Gasteiger partial charge in [0, 0.05) is 36.0 Å². The number of aliphatic hydroxyl groups is 1. The van der Waals surface area contributed by atoms with E-state index in [0.29, 0.717) is 22.5 Å². The van der Waals surface area contributed by atoms with Crippen molar-refractivity contribution in [2.24, 2.45) is 0 Å². The van der Waals surface area contributed by atoms with Gasteiger partial charge in [-0.25, -0.2) is 14.4 Å². The maximum absolute atomic E-state index is 13.7. The second-order valence-electron chi connectivity index (χ2n) is 6.26. The van der Waals surface area contributed by atoms with Gasteiger partial charge >= 0.3 is 0 Å². The van der Waals surface area contributed by atoms with Gasteiger partial charge in [-0.1, -0.05) is 23.7 Å². The SMILES string of the molecule is Cc1nc(-c2cccc(F)c2)n(CC(=O)Nc2cccnc2Cl)c(=O)c1CCO. The smallest absolute Gasteiger partial charge is 0.257 e. The van der Waals surface area contributed by atoms with Crippen LogP contribution >= 0.6 is 11.6 Å². The van der Waals surface area contributed by atoms with E-state index in [0.717, 1.165) is 4.57 Å². The summed E-state index contributed by atoms with van der Waals surface area (Å²) in [5.41, 5.74) is 0.886. The molecule has 2 aromatic heterocycles. The van der Waals surface area contributed by atoms with Crippen LogP contribution in [0.15, 0.2) is 47.4 Å². The molecular formula is C20H18ClFN4O3. The second kappa shape index (κ2) is 8.93. The fourth-order valence-corrected chi connectivity index (χ4v) is 3.07. The third kappa shape index (κ3) is 4.67. The fourth-order valence-electron chi connectivity index (χ4n) is 2.91. The van der Waals surface area contributed by atoms with E-state index >= 15 is 0 Å². The van der Waals surface area contributed by atoms with E-state index in [-0.39, 0.29) is 30.5 Å². The highest BCUT2D eigenvalue weighted by atomic mass is 35.5. The lowest BCUT2D eigenvalue weighted by Gasteiger charge is -2.16. The van der Waals surface area contributed by atoms with E-state index < -0.39 is 17.3 Å². The first-order valence-electron chi connectivity index (χ1n) is 8.78. The van der Waals surface area contributed by atoms with E-state index in [4.69, 9.17) is 11.6 Å². The van der Waals surface area contributed by atoms with E-state index in [2.05, 4.69) is 15.3 Å². The van der Waals surface area contributed by atoms with Crippen molar-refractivity contribution in [3.8, 4) is 11.4 Å². The number of hydrogen-bond acceptors (Lipinski definition) is 5. The number of nitrogens with zero attached hydrogens (tertiary/aromatic N) is 3. The number of carbonyl (C=O) groups excluding carboxylic acids is 1. The van der Waals surface area contributed by atoms with Crippen LogP contribution < -0.4 is 10.9 Å². The quantitative estimate of drug-likeness (QED) is 0.602. The molecule has 29 heavy (non-hydrogen) atoms. The first kappa shape index (κ1) is 20.6. The van der Waals surface area contributed by atoms with Gasteiger partial charge in [0.1, 0.15) is 18.2 Å². The van der Waals surface area contributed by atoms with Crippen molar-refractivity contribution in [3.63, 3.8) is 0 Å². The third-order valence-corrected chi connectivity index (χ3v) is 4.55. The molecule has 0 bridgehead atoms. The molecule has 1 amide bonds. The van der Waals surface area contributed by atoms with Crippen molar-refractivity contribution < 1.29 is 14.3 Å². The summed E-state index contributed by atoms with van der Waals surface area (Å²) in [5.74, 6) is -0.867. The Kier molecular flexibility index (Phi) is 6.36. The Morgan fingerprint density at radius 2 is 2.10 bits per heavy atom. The summed E-state index contributed by atoms with van der Waals surface area (Å²) in [6, 6.07) is 8.79. The fraction of sp³-hybridized carbons (Fsp3) is 0.200. The summed E-state index contributed by atoms with van der Waals surface area (Å²) in [5, 5.41) is 12.0. The molecule has 9 heteroatoms. The van der Waals surface area contributed by atoms with Crippen molar-refractivity contribution >= 4 is 23.2 Å². The zero-order chi connectivity index (χ0) is 21.0. The molecule has 0 saturated heterocycles. The number of nitrogens with one attached hydrogen (secondary N) is 1. The van der Waals surface area contributed by atoms with Crippen molar-refractivity contribution in [2.75, 3.05) is 11.9 Å². The van der Waals surface area contributed by atoms with Gasteiger partial charge in [-0.2, -0.15) is 0 Å². The largest absolute Gasteiger partial charge is 0.396 e. The summed E-state index contributed by atoms with van der Waals surface area (Å²) in [7, 11) is 0. The lowest BCUT2D eigenvalue weighted by molar-refractivity contribution is -0.116. The number of carbonyl (C=O) groups is 1. The molecule has 0 aliphatic carbocycles. The van der Waals surface area contributed by atoms with Gasteiger partial charge < -0.3 is 10.4 Å². The number of hydrogen-bond donors (Lipinski definition) is 2. The highest BCUT2D eigenvalue weighted by Crippen LogP contribution is 2.20. The molecule has 0 radical (unpaired) electrons. The summed E-state index contributed by atoms with van der Waals surface area (Å²) in [6.45, 7) is 1.02. The number of anilines is 1. The van der Waals surface area contributed by atoms with Gasteiger partial charge in [0.05, 0.1) is 5.69 Å². The third-order valence-electron chi connectivity index (χ3n) is 4.25. The molecule has 0 aliphatic heterocycles. The van der Waals surface area contributed by atoms with Gasteiger partial charge in [0.25, 0.3) is 5.56 Å². The molecule has 3 rings (SSSR count). The number of amides is 1. The number of halogens is 2. The van der Waals surface area contributed by atoms with E-state index in [9.17, 15) is 19.1 Å². The van der Waals surface area contributed by atoms with Crippen molar-refractivity contribution in [1.82, 2.24) is 14.5 Å². The minimum absolute atomic E-state index is 0.0944. The monoisotopic (exact) mass is 416 g/mol. The summed E-state index contributed by atoms with van der Waals surface area (Å²) < 4.78 is 14.9. The van der Waals surface area contributed by atoms with E-state index in [1.165, 1.54) is 24.4 Å². The standard InChI is InChI=1S/C20H18ClFN4O3/c1-12-15(7-9-27)20(29)26(19(24-12)13-4-2-5-14(22)10-13)11-17(28)25-16-6-3-8-23-18(16)21/h2-6,8,10,27H,7,9,11H2,1H3,(H,25,28). The first-order chi connectivity index (χ1) is 13.9. The average molecular weight is 417 g/mol. The van der Waals surface area contributed by atoms with Crippen LogP contribution in [-0.4, -0.2) is 32.2 Å². The Labute approximate surface area is 170 Å². The maximum Gasteiger partial charge on any atom is 0.257 e. The molecule has 0 atom stereocenters. The Bertz CT molecular complexity index is 1120. The summed E-state index contributed by atoms with van der Waals surface area (Å²) in [6.07, 6.45) is 1.58. The predicted octanol–water partition coefficient (Wildman–Crippen LogP) is 2.58. The molecule has 0 spiro atoms. The minimum Gasteiger partial charge on any atom is -0.396 e. The zero-order valence-electron chi connectivity index (χ0n) is 15.5. The molecule has 1 aromatic carbocycles. The van der Waals surface area contributed by atoms with Gasteiger partial charge in [-0.05, 0) is 31.2 Å². The normalized spacial score (nSPS) is 10.8. The summed E-state index contributed by atoms with van der Waals surface area (Å²) in [4.78, 5) is 33.9. The van der Waals surface area contributed by atoms with Gasteiger partial charge in [-0.3, -0.25) is 14.2 Å². The molecule has 2 heterocycles. The molecule has 150 valence electrons. The average Bonchev–Trinajstić information content (AvgIpc) is 2.69. The molecule has 3 aromatic rings. The Balaban J connectivity index is 2.05. The molecule has 0 unspecified atom stereocenters. The lowest BCUT2D eigenvalue weighted by atomic mass is 10.1. The number of benzene rings is 1. The van der Waals surface area contributed by atoms with Crippen LogP contribution in [0.1, 0.15) is 11.3 Å². The van der Waals surface area contributed by atoms with Crippen LogP contribution in [0.4, 0.5) is 10.1 Å². The van der Waals surface area contributed by atoms with Crippen molar-refractivity contribution in [1.29, 1.82) is 0 Å². The Morgan fingerprint density at radius 1 is 1.31 bits per heavy atom. The molecule has 0 fully saturated rings. The Hall–Kier alpha value is -3.10. The number of rotatable bonds is 6.